The van der Waals surface area contributed by atoms with Crippen molar-refractivity contribution in [2.45, 2.75) is 73.0 Å². The third kappa shape index (κ3) is 4.09. The number of nitrogens with zero attached hydrogens (tertiary/aromatic N) is 2. The molecule has 6 nitrogen and oxygen atoms in total. The number of benzene rings is 3. The number of hydrogen-bond acceptors (Lipinski definition) is 6. The molecule has 0 aliphatic carbocycles. The van der Waals surface area contributed by atoms with Crippen molar-refractivity contribution in [3.05, 3.63) is 82.9 Å². The third-order valence-electron chi connectivity index (χ3n) is 9.07. The van der Waals surface area contributed by atoms with Gasteiger partial charge in [0.15, 0.2) is 0 Å². The number of carbonyl (C=O) groups is 4. The van der Waals surface area contributed by atoms with E-state index in [1.165, 1.54) is 23.5 Å². The van der Waals surface area contributed by atoms with Crippen LogP contribution in [0.3, 0.4) is 0 Å². The Balaban J connectivity index is 1.27. The summed E-state index contributed by atoms with van der Waals surface area (Å²) in [7, 11) is 0. The van der Waals surface area contributed by atoms with E-state index in [-0.39, 0.29) is 22.0 Å². The Morgan fingerprint density at radius 1 is 0.571 bits per heavy atom. The lowest BCUT2D eigenvalue weighted by Crippen LogP contribution is -2.32. The molecule has 2 amide bonds. The van der Waals surface area contributed by atoms with Crippen LogP contribution in [0.4, 0.5) is 11.4 Å². The summed E-state index contributed by atoms with van der Waals surface area (Å²) in [5, 5.41) is -0.0832. The van der Waals surface area contributed by atoms with E-state index in [2.05, 4.69) is 13.8 Å². The molecule has 3 aromatic carbocycles. The maximum atomic E-state index is 13.8. The van der Waals surface area contributed by atoms with Gasteiger partial charge in [0.05, 0.1) is 23.7 Å². The summed E-state index contributed by atoms with van der Waals surface area (Å²) in [5.41, 5.74) is 5.21. The highest BCUT2D eigenvalue weighted by molar-refractivity contribution is 8.14. The van der Waals surface area contributed by atoms with Crippen molar-refractivity contribution in [3.8, 4) is 0 Å². The number of para-hydroxylation sites is 2. The molecule has 8 heteroatoms. The van der Waals surface area contributed by atoms with Crippen molar-refractivity contribution in [2.75, 3.05) is 22.9 Å². The van der Waals surface area contributed by atoms with Gasteiger partial charge in [-0.3, -0.25) is 19.2 Å². The number of hydrogen-bond donors (Lipinski definition) is 0. The van der Waals surface area contributed by atoms with Crippen molar-refractivity contribution >= 4 is 56.9 Å². The van der Waals surface area contributed by atoms with Crippen molar-refractivity contribution in [1.82, 2.24) is 0 Å². The monoisotopic (exact) mass is 596 g/mol. The van der Waals surface area contributed by atoms with Crippen LogP contribution in [0.2, 0.25) is 0 Å². The number of fused-ring (bicyclic) bond motifs is 4. The molecule has 0 aromatic heterocycles. The van der Waals surface area contributed by atoms with Crippen LogP contribution >= 0.6 is 23.5 Å². The molecule has 7 rings (SSSR count). The number of amides is 2. The number of unbranched alkanes of at least 4 members (excludes halogenated alkanes) is 2. The van der Waals surface area contributed by atoms with E-state index in [1.54, 1.807) is 0 Å². The first-order valence-electron chi connectivity index (χ1n) is 14.9. The fraction of sp³-hybridized carbons (Fsp3) is 0.353. The van der Waals surface area contributed by atoms with Gasteiger partial charge in [-0.15, -0.1) is 0 Å². The Hall–Kier alpha value is -3.36. The van der Waals surface area contributed by atoms with Crippen LogP contribution < -0.4 is 9.80 Å². The minimum atomic E-state index is -0.608. The van der Waals surface area contributed by atoms with Gasteiger partial charge in [0, 0.05) is 34.3 Å². The maximum Gasteiger partial charge on any atom is 0.235 e. The van der Waals surface area contributed by atoms with Gasteiger partial charge in [0.2, 0.25) is 22.0 Å². The average molecular weight is 597 g/mol. The molecule has 4 aliphatic rings. The molecular weight excluding hydrogens is 565 g/mol. The fourth-order valence-corrected chi connectivity index (χ4v) is 9.25. The minimum Gasteiger partial charge on any atom is -0.312 e. The molecule has 42 heavy (non-hydrogen) atoms. The van der Waals surface area contributed by atoms with E-state index in [4.69, 9.17) is 0 Å². The fourth-order valence-electron chi connectivity index (χ4n) is 7.05. The van der Waals surface area contributed by atoms with Gasteiger partial charge >= 0.3 is 0 Å². The third-order valence-corrected chi connectivity index (χ3v) is 11.1. The summed E-state index contributed by atoms with van der Waals surface area (Å²) in [5.74, 6) is -2.43. The second kappa shape index (κ2) is 10.7. The molecule has 214 valence electrons. The molecule has 3 aromatic rings. The summed E-state index contributed by atoms with van der Waals surface area (Å²) in [4.78, 5) is 60.2. The highest BCUT2D eigenvalue weighted by Crippen LogP contribution is 2.58. The van der Waals surface area contributed by atoms with Crippen LogP contribution in [0.15, 0.2) is 70.5 Å². The van der Waals surface area contributed by atoms with Crippen LogP contribution in [0.5, 0.6) is 0 Å². The van der Waals surface area contributed by atoms with Gasteiger partial charge < -0.3 is 9.80 Å². The first-order chi connectivity index (χ1) is 20.4. The topological polar surface area (TPSA) is 74.8 Å². The van der Waals surface area contributed by atoms with Crippen molar-refractivity contribution in [2.24, 2.45) is 0 Å². The summed E-state index contributed by atoms with van der Waals surface area (Å²) in [6, 6.07) is 19.5. The van der Waals surface area contributed by atoms with Crippen LogP contribution in [0.25, 0.3) is 0 Å². The second-order valence-corrected chi connectivity index (χ2v) is 13.6. The molecule has 0 fully saturated rings. The number of carbonyl (C=O) groups excluding carboxylic acids is 4. The van der Waals surface area contributed by atoms with Crippen LogP contribution in [0.1, 0.15) is 85.5 Å². The number of thioether (sulfide) groups is 2. The molecule has 0 spiro atoms. The number of anilines is 2. The molecular formula is C34H32N2O4S2. The maximum absolute atomic E-state index is 13.8. The quantitative estimate of drug-likeness (QED) is 0.279. The first-order valence-corrected chi connectivity index (χ1v) is 16.5. The summed E-state index contributed by atoms with van der Waals surface area (Å²) in [6.45, 7) is 5.47. The van der Waals surface area contributed by atoms with E-state index in [1.807, 2.05) is 70.5 Å². The lowest BCUT2D eigenvalue weighted by atomic mass is 9.80. The van der Waals surface area contributed by atoms with Gasteiger partial charge in [0.1, 0.15) is 0 Å². The van der Waals surface area contributed by atoms with Crippen LogP contribution in [-0.2, 0) is 19.2 Å². The molecule has 4 heterocycles. The van der Waals surface area contributed by atoms with Gasteiger partial charge in [-0.25, -0.2) is 0 Å². The molecule has 0 saturated heterocycles. The van der Waals surface area contributed by atoms with E-state index >= 15 is 0 Å². The predicted molar refractivity (Wildman–Crippen MR) is 167 cm³/mol. The van der Waals surface area contributed by atoms with E-state index in [9.17, 15) is 19.2 Å². The lowest BCUT2D eigenvalue weighted by Gasteiger charge is -2.21. The van der Waals surface area contributed by atoms with Gasteiger partial charge in [-0.05, 0) is 59.4 Å². The zero-order chi connectivity index (χ0) is 29.1. The first kappa shape index (κ1) is 27.5. The molecule has 0 saturated carbocycles. The van der Waals surface area contributed by atoms with Crippen molar-refractivity contribution in [1.29, 1.82) is 0 Å². The summed E-state index contributed by atoms with van der Waals surface area (Å²) >= 11 is 2.33. The standard InChI is InChI=1S/C34H32N2O4S2/c1-3-5-15-35-23-13-9-7-11-19(23)27(31(35)37)29-21-17-26-22(18-25(21)41-33(29)39)30(34(40)42-26)28-20-12-8-10-14-24(20)36(32(28)38)16-6-4-2/h7-14,17-18,27-30H,3-6,15-16H2,1-2H3. The molecule has 4 unspecified atom stereocenters. The van der Waals surface area contributed by atoms with Gasteiger partial charge in [-0.2, -0.15) is 0 Å². The Kier molecular flexibility index (Phi) is 7.02. The average Bonchev–Trinajstić information content (AvgIpc) is 3.65. The highest BCUT2D eigenvalue weighted by Gasteiger charge is 2.52. The molecule has 4 atom stereocenters. The zero-order valence-electron chi connectivity index (χ0n) is 23.7. The SMILES string of the molecule is CCCCN1C(=O)C(C2C(=O)Sc3cc4c(cc32)SC(=O)C4C2C(=O)N(CCCC)c3ccccc32)c2ccccc21. The molecule has 0 N–H and O–H groups in total. The minimum absolute atomic E-state index is 0.0288. The summed E-state index contributed by atoms with van der Waals surface area (Å²) < 4.78 is 0. The Bertz CT molecular complexity index is 1530. The normalized spacial score (nSPS) is 24.0. The van der Waals surface area contributed by atoms with Crippen LogP contribution in [-0.4, -0.2) is 35.1 Å². The molecule has 0 radical (unpaired) electrons. The smallest absolute Gasteiger partial charge is 0.235 e. The molecule has 0 bridgehead atoms. The van der Waals surface area contributed by atoms with Gasteiger partial charge in [0.25, 0.3) is 0 Å². The Morgan fingerprint density at radius 2 is 0.976 bits per heavy atom. The van der Waals surface area contributed by atoms with E-state index in [0.717, 1.165) is 69.1 Å². The van der Waals surface area contributed by atoms with Crippen molar-refractivity contribution in [3.63, 3.8) is 0 Å². The Morgan fingerprint density at radius 3 is 1.38 bits per heavy atom. The second-order valence-electron chi connectivity index (χ2n) is 11.5. The van der Waals surface area contributed by atoms with Gasteiger partial charge in [-0.1, -0.05) is 86.6 Å². The largest absolute Gasteiger partial charge is 0.312 e. The van der Waals surface area contributed by atoms with Crippen molar-refractivity contribution < 1.29 is 19.2 Å². The summed E-state index contributed by atoms with van der Waals surface area (Å²) in [6.07, 6.45) is 3.73. The highest BCUT2D eigenvalue weighted by atomic mass is 32.2. The lowest BCUT2D eigenvalue weighted by molar-refractivity contribution is -0.122. The predicted octanol–water partition coefficient (Wildman–Crippen LogP) is 6.98. The van der Waals surface area contributed by atoms with E-state index < -0.39 is 23.7 Å². The molecule has 4 aliphatic heterocycles. The Labute approximate surface area is 254 Å². The van der Waals surface area contributed by atoms with E-state index in [0.29, 0.717) is 13.1 Å². The number of rotatable bonds is 8. The van der Waals surface area contributed by atoms with Crippen LogP contribution in [0, 0.1) is 0 Å². The zero-order valence-corrected chi connectivity index (χ0v) is 25.3.